The molecule has 0 rings (SSSR count). The van der Waals surface area contributed by atoms with E-state index in [1.54, 1.807) is 6.92 Å². The molecule has 0 aliphatic heterocycles. The molecular weight excluding hydrogens is 209 g/mol. The zero-order valence-corrected chi connectivity index (χ0v) is 9.21. The van der Waals surface area contributed by atoms with Crippen LogP contribution < -0.4 is 11.2 Å². The van der Waals surface area contributed by atoms with Crippen LogP contribution in [0, 0.1) is 0 Å². The van der Waals surface area contributed by atoms with Crippen molar-refractivity contribution < 1.29 is 18.4 Å². The van der Waals surface area contributed by atoms with Crippen molar-refractivity contribution in [3.63, 3.8) is 0 Å². The number of rotatable bonds is 5. The van der Waals surface area contributed by atoms with Gasteiger partial charge in [-0.05, 0) is 6.92 Å². The van der Waals surface area contributed by atoms with E-state index in [1.165, 1.54) is 14.2 Å². The first-order chi connectivity index (χ1) is 6.43. The lowest BCUT2D eigenvalue weighted by Gasteiger charge is -2.12. The van der Waals surface area contributed by atoms with Gasteiger partial charge in [-0.25, -0.2) is 10.2 Å². The van der Waals surface area contributed by atoms with Crippen LogP contribution in [-0.2, 0) is 13.6 Å². The normalized spacial score (nSPS) is 12.6. The number of hydrogen-bond acceptors (Lipinski definition) is 5. The number of nitrogens with zero attached hydrogens (tertiary/aromatic N) is 1. The Morgan fingerprint density at radius 1 is 1.50 bits per heavy atom. The molecule has 0 spiro atoms. The number of nitrogens with two attached hydrogens (primary N) is 1. The minimum atomic E-state index is -3.12. The third-order valence-corrected chi connectivity index (χ3v) is 3.29. The lowest BCUT2D eigenvalue weighted by atomic mass is 10.5. The van der Waals surface area contributed by atoms with E-state index in [0.29, 0.717) is 5.71 Å². The Morgan fingerprint density at radius 3 is 2.36 bits per heavy atom. The first-order valence-electron chi connectivity index (χ1n) is 3.72. The number of amides is 2. The lowest BCUT2D eigenvalue weighted by Crippen LogP contribution is -2.26. The summed E-state index contributed by atoms with van der Waals surface area (Å²) in [6.07, 6.45) is 0.000278. The first-order valence-corrected chi connectivity index (χ1v) is 5.45. The molecule has 0 aromatic carbocycles. The molecule has 0 fully saturated rings. The number of primary amides is 1. The maximum Gasteiger partial charge on any atom is 0.335 e. The summed E-state index contributed by atoms with van der Waals surface area (Å²) < 4.78 is 20.9. The molecule has 0 unspecified atom stereocenters. The van der Waals surface area contributed by atoms with Gasteiger partial charge in [-0.2, -0.15) is 5.10 Å². The monoisotopic (exact) mass is 223 g/mol. The fraction of sp³-hybridized carbons (Fsp3) is 0.667. The van der Waals surface area contributed by atoms with Crippen molar-refractivity contribution >= 4 is 19.3 Å². The fourth-order valence-corrected chi connectivity index (χ4v) is 1.71. The molecule has 0 heterocycles. The van der Waals surface area contributed by atoms with Crippen molar-refractivity contribution in [1.82, 2.24) is 5.43 Å². The molecule has 0 saturated carbocycles. The highest BCUT2D eigenvalue weighted by Gasteiger charge is 2.22. The maximum atomic E-state index is 11.5. The summed E-state index contributed by atoms with van der Waals surface area (Å²) in [6.45, 7) is 1.57. The second-order valence-corrected chi connectivity index (χ2v) is 4.73. The summed E-state index contributed by atoms with van der Waals surface area (Å²) in [5.41, 5.74) is 7.19. The quantitative estimate of drug-likeness (QED) is 0.402. The van der Waals surface area contributed by atoms with E-state index in [0.717, 1.165) is 0 Å². The summed E-state index contributed by atoms with van der Waals surface area (Å²) in [6, 6.07) is -0.783. The highest BCUT2D eigenvalue weighted by Crippen LogP contribution is 2.45. The standard InChI is InChI=1S/C6H14N3O4P/c1-5(8-9-6(7)10)4-14(11,12-2)13-3/h4H2,1-3H3,(H3,7,9,10). The van der Waals surface area contributed by atoms with E-state index in [2.05, 4.69) is 14.1 Å². The van der Waals surface area contributed by atoms with Gasteiger partial charge in [0, 0.05) is 19.9 Å². The molecule has 0 aliphatic carbocycles. The van der Waals surface area contributed by atoms with Crippen molar-refractivity contribution in [2.75, 3.05) is 20.4 Å². The van der Waals surface area contributed by atoms with Gasteiger partial charge < -0.3 is 14.8 Å². The molecular formula is C6H14N3O4P. The van der Waals surface area contributed by atoms with Crippen LogP contribution in [0.5, 0.6) is 0 Å². The smallest absolute Gasteiger partial charge is 0.335 e. The van der Waals surface area contributed by atoms with Gasteiger partial charge in [0.05, 0.1) is 6.16 Å². The summed E-state index contributed by atoms with van der Waals surface area (Å²) in [4.78, 5) is 10.3. The van der Waals surface area contributed by atoms with Crippen LogP contribution in [0.4, 0.5) is 4.79 Å². The number of hydrogen-bond donors (Lipinski definition) is 2. The first kappa shape index (κ1) is 13.1. The third kappa shape index (κ3) is 4.96. The Bertz CT molecular complexity index is 270. The van der Waals surface area contributed by atoms with Crippen LogP contribution >= 0.6 is 7.60 Å². The third-order valence-electron chi connectivity index (χ3n) is 1.34. The van der Waals surface area contributed by atoms with E-state index in [1.807, 2.05) is 5.43 Å². The number of urea groups is 1. The van der Waals surface area contributed by atoms with Crippen LogP contribution in [0.1, 0.15) is 6.92 Å². The maximum absolute atomic E-state index is 11.5. The van der Waals surface area contributed by atoms with E-state index < -0.39 is 13.6 Å². The molecule has 0 aromatic rings. The minimum absolute atomic E-state index is 0.000278. The highest BCUT2D eigenvalue weighted by atomic mass is 31.2. The van der Waals surface area contributed by atoms with Gasteiger partial charge in [0.1, 0.15) is 0 Å². The molecule has 82 valence electrons. The second kappa shape index (κ2) is 5.74. The van der Waals surface area contributed by atoms with Gasteiger partial charge in [0.2, 0.25) is 0 Å². The largest absolute Gasteiger partial charge is 0.350 e. The average molecular weight is 223 g/mol. The summed E-state index contributed by atoms with van der Waals surface area (Å²) >= 11 is 0. The summed E-state index contributed by atoms with van der Waals surface area (Å²) in [5, 5.41) is 3.56. The van der Waals surface area contributed by atoms with Gasteiger partial charge in [-0.3, -0.25) is 4.57 Å². The number of nitrogens with one attached hydrogen (secondary N) is 1. The molecule has 14 heavy (non-hydrogen) atoms. The van der Waals surface area contributed by atoms with E-state index in [4.69, 9.17) is 5.73 Å². The Kier molecular flexibility index (Phi) is 5.37. The zero-order valence-electron chi connectivity index (χ0n) is 8.31. The van der Waals surface area contributed by atoms with E-state index in [9.17, 15) is 9.36 Å². The molecule has 0 aromatic heterocycles. The zero-order chi connectivity index (χ0) is 11.2. The van der Waals surface area contributed by atoms with Crippen molar-refractivity contribution in [2.24, 2.45) is 10.8 Å². The predicted octanol–water partition coefficient (Wildman–Crippen LogP) is 0.516. The molecule has 0 bridgehead atoms. The molecule has 0 atom stereocenters. The van der Waals surface area contributed by atoms with Crippen LogP contribution in [-0.4, -0.2) is 32.1 Å². The number of carbonyl (C=O) groups is 1. The van der Waals surface area contributed by atoms with Gasteiger partial charge in [-0.15, -0.1) is 0 Å². The van der Waals surface area contributed by atoms with Crippen LogP contribution in [0.25, 0.3) is 0 Å². The SMILES string of the molecule is COP(=O)(CC(C)=NNC(N)=O)OC. The van der Waals surface area contributed by atoms with Gasteiger partial charge in [0.15, 0.2) is 0 Å². The molecule has 0 aliphatic rings. The van der Waals surface area contributed by atoms with E-state index in [-0.39, 0.29) is 6.16 Å². The van der Waals surface area contributed by atoms with Crippen LogP contribution in [0.2, 0.25) is 0 Å². The highest BCUT2D eigenvalue weighted by molar-refractivity contribution is 7.54. The van der Waals surface area contributed by atoms with Gasteiger partial charge in [0.25, 0.3) is 0 Å². The topological polar surface area (TPSA) is 103 Å². The van der Waals surface area contributed by atoms with Crippen molar-refractivity contribution in [3.05, 3.63) is 0 Å². The summed E-state index contributed by atoms with van der Waals surface area (Å²) in [7, 11) is -0.566. The lowest BCUT2D eigenvalue weighted by molar-refractivity contribution is 0.249. The Labute approximate surface area is 82.2 Å². The molecule has 2 amide bonds. The molecule has 0 radical (unpaired) electrons. The molecule has 0 saturated heterocycles. The van der Waals surface area contributed by atoms with Gasteiger partial charge >= 0.3 is 13.6 Å². The van der Waals surface area contributed by atoms with E-state index >= 15 is 0 Å². The Morgan fingerprint density at radius 2 is 2.00 bits per heavy atom. The fourth-order valence-electron chi connectivity index (χ4n) is 0.670. The van der Waals surface area contributed by atoms with Crippen LogP contribution in [0.15, 0.2) is 5.10 Å². The van der Waals surface area contributed by atoms with Crippen molar-refractivity contribution in [2.45, 2.75) is 6.92 Å². The van der Waals surface area contributed by atoms with Gasteiger partial charge in [-0.1, -0.05) is 0 Å². The predicted molar refractivity (Wildman–Crippen MR) is 52.3 cm³/mol. The summed E-state index contributed by atoms with van der Waals surface area (Å²) in [5.74, 6) is 0. The van der Waals surface area contributed by atoms with Crippen molar-refractivity contribution in [3.8, 4) is 0 Å². The Balaban J connectivity index is 4.29. The number of hydrazone groups is 1. The Hall–Kier alpha value is -0.910. The van der Waals surface area contributed by atoms with Crippen molar-refractivity contribution in [1.29, 1.82) is 0 Å². The molecule has 7 nitrogen and oxygen atoms in total. The molecule has 3 N–H and O–H groups in total. The second-order valence-electron chi connectivity index (χ2n) is 2.46. The molecule has 8 heteroatoms. The number of carbonyl (C=O) groups excluding carboxylic acids is 1. The minimum Gasteiger partial charge on any atom is -0.350 e. The average Bonchev–Trinajstić information content (AvgIpc) is 2.14. The van der Waals surface area contributed by atoms with Crippen LogP contribution in [0.3, 0.4) is 0 Å².